The number of benzene rings is 2. The normalized spacial score (nSPS) is 12.0. The zero-order chi connectivity index (χ0) is 20.6. The van der Waals surface area contributed by atoms with Gasteiger partial charge in [-0.1, -0.05) is 28.9 Å². The van der Waals surface area contributed by atoms with Gasteiger partial charge in [0.1, 0.15) is 5.82 Å². The summed E-state index contributed by atoms with van der Waals surface area (Å²) in [5.74, 6) is -0.0228. The molecule has 2 aromatic heterocycles. The van der Waals surface area contributed by atoms with E-state index in [2.05, 4.69) is 25.7 Å². The topological polar surface area (TPSA) is 72.3 Å². The highest BCUT2D eigenvalue weighted by Gasteiger charge is 2.31. The molecule has 11 heteroatoms. The highest BCUT2D eigenvalue weighted by molar-refractivity contribution is 6.31. The van der Waals surface area contributed by atoms with Crippen molar-refractivity contribution in [1.29, 1.82) is 0 Å². The Morgan fingerprint density at radius 3 is 2.59 bits per heavy atom. The first-order chi connectivity index (χ1) is 13.8. The molecule has 0 aliphatic rings. The van der Waals surface area contributed by atoms with Crippen LogP contribution in [-0.4, -0.2) is 30.4 Å². The van der Waals surface area contributed by atoms with Crippen LogP contribution in [0.4, 0.5) is 17.6 Å². The van der Waals surface area contributed by atoms with Crippen LogP contribution in [0.3, 0.4) is 0 Å². The maximum Gasteiger partial charge on any atom is 0.416 e. The van der Waals surface area contributed by atoms with E-state index in [1.165, 1.54) is 22.9 Å². The lowest BCUT2D eigenvalue weighted by atomic mass is 10.1. The third kappa shape index (κ3) is 4.07. The minimum atomic E-state index is -4.48. The van der Waals surface area contributed by atoms with Crippen LogP contribution in [0.15, 0.2) is 36.4 Å². The predicted molar refractivity (Wildman–Crippen MR) is 96.8 cm³/mol. The number of nitrogens with zero attached hydrogens (tertiary/aromatic N) is 5. The molecule has 150 valence electrons. The summed E-state index contributed by atoms with van der Waals surface area (Å²) >= 11 is 6.08. The van der Waals surface area contributed by atoms with Gasteiger partial charge >= 0.3 is 6.18 Å². The summed E-state index contributed by atoms with van der Waals surface area (Å²) < 4.78 is 54.4. The van der Waals surface area contributed by atoms with Crippen LogP contribution in [-0.2, 0) is 25.6 Å². The molecule has 2 aromatic carbocycles. The van der Waals surface area contributed by atoms with E-state index in [1.807, 2.05) is 0 Å². The lowest BCUT2D eigenvalue weighted by molar-refractivity contribution is -0.137. The Balaban J connectivity index is 1.75. The van der Waals surface area contributed by atoms with Crippen LogP contribution in [0.5, 0.6) is 0 Å². The largest absolute Gasteiger partial charge is 0.416 e. The van der Waals surface area contributed by atoms with E-state index < -0.39 is 17.6 Å². The summed E-state index contributed by atoms with van der Waals surface area (Å²) in [5, 5.41) is 18.8. The number of alkyl halides is 3. The quantitative estimate of drug-likeness (QED) is 0.487. The second kappa shape index (κ2) is 7.43. The number of aryl methyl sites for hydroxylation is 2. The van der Waals surface area contributed by atoms with E-state index in [4.69, 9.17) is 11.6 Å². The Morgan fingerprint density at radius 1 is 1.07 bits per heavy atom. The van der Waals surface area contributed by atoms with Gasteiger partial charge in [0.25, 0.3) is 0 Å². The van der Waals surface area contributed by atoms with Crippen molar-refractivity contribution in [3.8, 4) is 0 Å². The minimum absolute atomic E-state index is 0.0964. The maximum absolute atomic E-state index is 13.3. The Morgan fingerprint density at radius 2 is 1.90 bits per heavy atom. The Bertz CT molecular complexity index is 1150. The van der Waals surface area contributed by atoms with Crippen LogP contribution in [0.1, 0.15) is 22.6 Å². The predicted octanol–water partition coefficient (Wildman–Crippen LogP) is 4.19. The molecule has 0 radical (unpaired) electrons. The molecule has 0 unspecified atom stereocenters. The van der Waals surface area contributed by atoms with Crippen LogP contribution in [0.2, 0.25) is 5.02 Å². The second-order valence-corrected chi connectivity index (χ2v) is 6.80. The number of H-pyrrole nitrogens is 1. The van der Waals surface area contributed by atoms with Crippen LogP contribution in [0.25, 0.3) is 10.9 Å². The fraction of sp³-hybridized carbons (Fsp3) is 0.222. The van der Waals surface area contributed by atoms with Crippen LogP contribution in [0, 0.1) is 5.82 Å². The molecule has 29 heavy (non-hydrogen) atoms. The zero-order valence-corrected chi connectivity index (χ0v) is 15.5. The second-order valence-electron chi connectivity index (χ2n) is 6.40. The Hall–Kier alpha value is -3.01. The van der Waals surface area contributed by atoms with Crippen molar-refractivity contribution in [2.45, 2.75) is 25.6 Å². The number of aromatic amines is 1. The first-order valence-electron chi connectivity index (χ1n) is 8.54. The summed E-state index contributed by atoms with van der Waals surface area (Å²) in [7, 11) is 0. The molecule has 6 nitrogen and oxygen atoms in total. The molecule has 4 rings (SSSR count). The molecule has 0 atom stereocenters. The molecule has 0 saturated carbocycles. The first-order valence-corrected chi connectivity index (χ1v) is 8.92. The molecule has 0 amide bonds. The standard InChI is InChI=1S/C18H13ClF4N6/c19-14-8-12(20)3-1-10(14)9-29-16-7-11(18(21,22)23)2-4-13(16)15(26-29)5-6-17-24-27-28-25-17/h1-4,7-8H,5-6,9H2,(H,24,25,27,28). The van der Waals surface area contributed by atoms with Crippen molar-refractivity contribution in [3.05, 3.63) is 69.9 Å². The molecule has 1 N–H and O–H groups in total. The third-order valence-corrected chi connectivity index (χ3v) is 4.82. The summed E-state index contributed by atoms with van der Waals surface area (Å²) in [6.07, 6.45) is -3.66. The van der Waals surface area contributed by atoms with Gasteiger partial charge < -0.3 is 0 Å². The number of hydrogen-bond acceptors (Lipinski definition) is 4. The summed E-state index contributed by atoms with van der Waals surface area (Å²) in [5.41, 5.74) is 0.667. The fourth-order valence-electron chi connectivity index (χ4n) is 3.05. The molecule has 0 aliphatic carbocycles. The van der Waals surface area contributed by atoms with E-state index >= 15 is 0 Å². The van der Waals surface area contributed by atoms with Gasteiger partial charge in [0, 0.05) is 16.8 Å². The van der Waals surface area contributed by atoms with E-state index in [9.17, 15) is 17.6 Å². The van der Waals surface area contributed by atoms with Gasteiger partial charge in [0.05, 0.1) is 23.3 Å². The average Bonchev–Trinajstić information content (AvgIpc) is 3.29. The summed E-state index contributed by atoms with van der Waals surface area (Å²) in [6, 6.07) is 7.36. The fourth-order valence-corrected chi connectivity index (χ4v) is 3.28. The van der Waals surface area contributed by atoms with E-state index in [1.54, 1.807) is 0 Å². The number of nitrogens with one attached hydrogen (secondary N) is 1. The van der Waals surface area contributed by atoms with Gasteiger partial charge in [-0.25, -0.2) is 4.39 Å². The number of fused-ring (bicyclic) bond motifs is 1. The molecular weight excluding hydrogens is 412 g/mol. The van der Waals surface area contributed by atoms with Gasteiger partial charge in [0.15, 0.2) is 5.82 Å². The molecule has 0 fully saturated rings. The van der Waals surface area contributed by atoms with E-state index in [0.717, 1.165) is 18.2 Å². The van der Waals surface area contributed by atoms with Crippen molar-refractivity contribution >= 4 is 22.5 Å². The van der Waals surface area contributed by atoms with E-state index in [-0.39, 0.29) is 11.6 Å². The average molecular weight is 425 g/mol. The van der Waals surface area contributed by atoms with Crippen molar-refractivity contribution in [2.24, 2.45) is 0 Å². The number of aromatic nitrogens is 6. The van der Waals surface area contributed by atoms with Crippen LogP contribution < -0.4 is 0 Å². The maximum atomic E-state index is 13.3. The molecular formula is C18H13ClF4N6. The number of hydrogen-bond donors (Lipinski definition) is 1. The molecule has 0 saturated heterocycles. The zero-order valence-electron chi connectivity index (χ0n) is 14.7. The number of tetrazole rings is 1. The molecule has 0 aliphatic heterocycles. The molecule has 4 aromatic rings. The number of rotatable bonds is 5. The summed E-state index contributed by atoms with van der Waals surface area (Å²) in [6.45, 7) is 0.0964. The Kier molecular flexibility index (Phi) is 4.95. The third-order valence-electron chi connectivity index (χ3n) is 4.47. The van der Waals surface area contributed by atoms with Gasteiger partial charge in [-0.05, 0) is 36.2 Å². The van der Waals surface area contributed by atoms with Crippen LogP contribution >= 0.6 is 11.6 Å². The lowest BCUT2D eigenvalue weighted by Crippen LogP contribution is -2.06. The minimum Gasteiger partial charge on any atom is -0.260 e. The lowest BCUT2D eigenvalue weighted by Gasteiger charge is -2.09. The van der Waals surface area contributed by atoms with Crippen molar-refractivity contribution in [2.75, 3.05) is 0 Å². The molecule has 0 spiro atoms. The van der Waals surface area contributed by atoms with Gasteiger partial charge in [-0.15, -0.1) is 10.2 Å². The smallest absolute Gasteiger partial charge is 0.260 e. The highest BCUT2D eigenvalue weighted by Crippen LogP contribution is 2.33. The molecule has 2 heterocycles. The van der Waals surface area contributed by atoms with Gasteiger partial charge in [-0.3, -0.25) is 4.68 Å². The first kappa shape index (κ1) is 19.3. The van der Waals surface area contributed by atoms with E-state index in [0.29, 0.717) is 40.8 Å². The van der Waals surface area contributed by atoms with Gasteiger partial charge in [-0.2, -0.15) is 23.5 Å². The Labute approximate surface area is 166 Å². The van der Waals surface area contributed by atoms with Gasteiger partial charge in [0.2, 0.25) is 0 Å². The monoisotopic (exact) mass is 424 g/mol. The van der Waals surface area contributed by atoms with Crippen molar-refractivity contribution in [3.63, 3.8) is 0 Å². The number of halogens is 5. The van der Waals surface area contributed by atoms with Crippen molar-refractivity contribution < 1.29 is 17.6 Å². The molecule has 0 bridgehead atoms. The SMILES string of the molecule is Fc1ccc(Cn2nc(CCc3nn[nH]n3)c3ccc(C(F)(F)F)cc32)c(Cl)c1. The van der Waals surface area contributed by atoms with Crippen molar-refractivity contribution in [1.82, 2.24) is 30.4 Å². The highest BCUT2D eigenvalue weighted by atomic mass is 35.5. The summed E-state index contributed by atoms with van der Waals surface area (Å²) in [4.78, 5) is 0.